The van der Waals surface area contributed by atoms with Crippen LogP contribution in [-0.2, 0) is 9.47 Å². The summed E-state index contributed by atoms with van der Waals surface area (Å²) in [6.45, 7) is 11.4. The maximum atomic E-state index is 12.8. The molecule has 2 aromatic carbocycles. The highest BCUT2D eigenvalue weighted by atomic mass is 16.6. The molecule has 0 spiro atoms. The van der Waals surface area contributed by atoms with Crippen molar-refractivity contribution < 1.29 is 29.3 Å². The van der Waals surface area contributed by atoms with Gasteiger partial charge in [0.15, 0.2) is 0 Å². The van der Waals surface area contributed by atoms with Crippen LogP contribution in [0.25, 0.3) is 28.0 Å². The average molecular weight is 656 g/mol. The Labute approximate surface area is 281 Å². The molecule has 254 valence electrons. The van der Waals surface area contributed by atoms with Gasteiger partial charge in [-0.15, -0.1) is 0 Å². The number of aliphatic imine (C=N–C) groups is 1. The minimum absolute atomic E-state index is 0.200. The minimum atomic E-state index is -0.642. The van der Waals surface area contributed by atoms with Crippen molar-refractivity contribution in [3.8, 4) is 22.4 Å². The molecule has 0 radical (unpaired) electrons. The molecule has 2 fully saturated rings. The Bertz CT molecular complexity index is 1710. The number of benzene rings is 2. The van der Waals surface area contributed by atoms with Crippen LogP contribution >= 0.6 is 0 Å². The zero-order valence-electron chi connectivity index (χ0n) is 28.4. The van der Waals surface area contributed by atoms with Crippen LogP contribution < -0.4 is 0 Å². The van der Waals surface area contributed by atoms with E-state index in [0.29, 0.717) is 25.1 Å². The number of imidazole rings is 1. The molecule has 3 aliphatic heterocycles. The molecule has 11 heteroatoms. The number of hydrogen-bond acceptors (Lipinski definition) is 8. The quantitative estimate of drug-likeness (QED) is 0.291. The Hall–Kier alpha value is -4.48. The van der Waals surface area contributed by atoms with Crippen molar-refractivity contribution in [1.82, 2.24) is 19.8 Å². The Balaban J connectivity index is 1.09. The molecule has 3 aliphatic rings. The van der Waals surface area contributed by atoms with E-state index in [2.05, 4.69) is 51.4 Å². The summed E-state index contributed by atoms with van der Waals surface area (Å²) >= 11 is 0. The summed E-state index contributed by atoms with van der Waals surface area (Å²) < 4.78 is 11.1. The van der Waals surface area contributed by atoms with Crippen LogP contribution in [0.3, 0.4) is 0 Å². The highest BCUT2D eigenvalue weighted by Gasteiger charge is 2.41. The molecule has 48 heavy (non-hydrogen) atoms. The molecular formula is C37H45N5O6. The zero-order chi connectivity index (χ0) is 34.4. The normalized spacial score (nSPS) is 22.9. The van der Waals surface area contributed by atoms with Crippen molar-refractivity contribution in [3.05, 3.63) is 72.3 Å². The van der Waals surface area contributed by atoms with Crippen molar-refractivity contribution in [1.29, 1.82) is 0 Å². The van der Waals surface area contributed by atoms with Gasteiger partial charge in [0, 0.05) is 31.2 Å². The number of carbonyl (C=O) groups is 2. The van der Waals surface area contributed by atoms with Crippen molar-refractivity contribution in [3.63, 3.8) is 0 Å². The topological polar surface area (TPSA) is 141 Å². The van der Waals surface area contributed by atoms with Crippen LogP contribution in [0.5, 0.6) is 0 Å². The molecular weight excluding hydrogens is 610 g/mol. The lowest BCUT2D eigenvalue weighted by molar-refractivity contribution is 0.0199. The Morgan fingerprint density at radius 1 is 0.750 bits per heavy atom. The number of carbonyl (C=O) groups excluding carboxylic acids is 2. The van der Waals surface area contributed by atoms with Crippen molar-refractivity contribution >= 4 is 23.5 Å². The van der Waals surface area contributed by atoms with Gasteiger partial charge in [-0.3, -0.25) is 14.8 Å². The van der Waals surface area contributed by atoms with Crippen LogP contribution in [0.15, 0.2) is 65.9 Å². The van der Waals surface area contributed by atoms with Crippen LogP contribution in [0.1, 0.15) is 78.2 Å². The number of allylic oxidation sites excluding steroid dienone is 1. The van der Waals surface area contributed by atoms with E-state index in [1.807, 2.05) is 59.9 Å². The van der Waals surface area contributed by atoms with Crippen LogP contribution in [-0.4, -0.2) is 90.4 Å². The molecule has 3 aromatic rings. The molecule has 11 nitrogen and oxygen atoms in total. The number of H-pyrrole nitrogens is 1. The van der Waals surface area contributed by atoms with Gasteiger partial charge in [0.05, 0.1) is 49.3 Å². The van der Waals surface area contributed by atoms with Gasteiger partial charge in [0.1, 0.15) is 17.0 Å². The van der Waals surface area contributed by atoms with E-state index in [4.69, 9.17) is 9.47 Å². The third-order valence-electron chi connectivity index (χ3n) is 8.65. The summed E-state index contributed by atoms with van der Waals surface area (Å²) in [5.41, 5.74) is 5.63. The number of aliphatic hydroxyl groups excluding tert-OH is 2. The largest absolute Gasteiger partial charge is 0.444 e. The van der Waals surface area contributed by atoms with E-state index in [1.54, 1.807) is 11.1 Å². The first-order valence-electron chi connectivity index (χ1n) is 16.5. The van der Waals surface area contributed by atoms with E-state index in [9.17, 15) is 19.8 Å². The summed E-state index contributed by atoms with van der Waals surface area (Å²) in [4.78, 5) is 41.3. The highest BCUT2D eigenvalue weighted by Crippen LogP contribution is 2.35. The number of β-amino-alcohol motifs (C(OH)–C–C–N with tert-alkyl or cyclic N) is 2. The second-order valence-corrected chi connectivity index (χ2v) is 14.9. The number of hydrogen-bond donors (Lipinski definition) is 3. The third-order valence-corrected chi connectivity index (χ3v) is 8.65. The van der Waals surface area contributed by atoms with E-state index >= 15 is 0 Å². The summed E-state index contributed by atoms with van der Waals surface area (Å²) in [7, 11) is 0. The van der Waals surface area contributed by atoms with Crippen LogP contribution in [0, 0.1) is 0 Å². The Morgan fingerprint density at radius 2 is 1.23 bits per heavy atom. The number of rotatable bonds is 5. The van der Waals surface area contributed by atoms with E-state index in [0.717, 1.165) is 39.2 Å². The summed E-state index contributed by atoms with van der Waals surface area (Å²) in [5, 5.41) is 20.7. The standard InChI is InChI=1S/C37H45N5O6/c1-36(2,3)47-34(45)41-20-27(43)16-31(41)29-15-26(18-38-29)24-9-7-22(8-10-24)23-11-13-25(14-12-23)30-19-39-33(40-30)32-17-28(44)21-42(32)35(46)48-37(4,5)6/h7-14,18-19,27-28,31-32,43-44H,15-17,20-21H2,1-6H3,(H,39,40)/t27-,28-,31+,32+/m1/s1. The summed E-state index contributed by atoms with van der Waals surface area (Å²) in [5.74, 6) is 0.613. The fraction of sp³-hybridized carbons (Fsp3) is 0.459. The van der Waals surface area contributed by atoms with Crippen LogP contribution in [0.2, 0.25) is 0 Å². The number of likely N-dealkylation sites (tertiary alicyclic amines) is 2. The monoisotopic (exact) mass is 655 g/mol. The Morgan fingerprint density at radius 3 is 1.77 bits per heavy atom. The third kappa shape index (κ3) is 7.47. The molecule has 0 bridgehead atoms. The van der Waals surface area contributed by atoms with Gasteiger partial charge in [0.2, 0.25) is 0 Å². The first kappa shape index (κ1) is 33.4. The van der Waals surface area contributed by atoms with Crippen molar-refractivity contribution in [2.45, 2.75) is 96.3 Å². The maximum absolute atomic E-state index is 12.8. The molecule has 0 aliphatic carbocycles. The fourth-order valence-electron chi connectivity index (χ4n) is 6.45. The predicted molar refractivity (Wildman–Crippen MR) is 183 cm³/mol. The highest BCUT2D eigenvalue weighted by molar-refractivity contribution is 6.03. The van der Waals surface area contributed by atoms with Gasteiger partial charge in [-0.05, 0) is 69.4 Å². The molecule has 2 amide bonds. The SMILES string of the molecule is CC(C)(C)OC(=O)N1C[C@H](O)C[C@H]1C1=NC=C(c2ccc(-c3ccc(-c4cnc([C@@H]5C[C@@H](O)CN5C(=O)OC(C)(C)C)[nH]4)cc3)cc2)C1. The lowest BCUT2D eigenvalue weighted by atomic mass is 9.96. The molecule has 1 aromatic heterocycles. The van der Waals surface area contributed by atoms with Crippen LogP contribution in [0.4, 0.5) is 9.59 Å². The smallest absolute Gasteiger partial charge is 0.411 e. The Kier molecular flexibility index (Phi) is 8.95. The first-order valence-corrected chi connectivity index (χ1v) is 16.5. The number of aliphatic hydroxyl groups is 2. The summed E-state index contributed by atoms with van der Waals surface area (Å²) in [6.07, 6.45) is 2.91. The lowest BCUT2D eigenvalue weighted by Crippen LogP contribution is -2.43. The number of ether oxygens (including phenoxy) is 2. The van der Waals surface area contributed by atoms with Gasteiger partial charge in [-0.25, -0.2) is 14.6 Å². The molecule has 4 atom stereocenters. The number of amides is 2. The zero-order valence-corrected chi connectivity index (χ0v) is 28.4. The van der Waals surface area contributed by atoms with Crippen molar-refractivity contribution in [2.75, 3.05) is 13.1 Å². The van der Waals surface area contributed by atoms with Gasteiger partial charge >= 0.3 is 12.2 Å². The molecule has 3 N–H and O–H groups in total. The van der Waals surface area contributed by atoms with E-state index < -0.39 is 41.6 Å². The number of nitrogens with zero attached hydrogens (tertiary/aromatic N) is 4. The van der Waals surface area contributed by atoms with Gasteiger partial charge in [-0.1, -0.05) is 48.5 Å². The van der Waals surface area contributed by atoms with Gasteiger partial charge < -0.3 is 24.7 Å². The molecule has 2 saturated heterocycles. The molecule has 0 saturated carbocycles. The average Bonchev–Trinajstić information content (AvgIpc) is 3.81. The van der Waals surface area contributed by atoms with E-state index in [-0.39, 0.29) is 19.1 Å². The predicted octanol–water partition coefficient (Wildman–Crippen LogP) is 6.34. The first-order chi connectivity index (χ1) is 22.6. The molecule has 4 heterocycles. The van der Waals surface area contributed by atoms with Crippen molar-refractivity contribution in [2.24, 2.45) is 4.99 Å². The second kappa shape index (κ2) is 12.9. The van der Waals surface area contributed by atoms with E-state index in [1.165, 1.54) is 4.90 Å². The summed E-state index contributed by atoms with van der Waals surface area (Å²) in [6, 6.07) is 15.8. The fourth-order valence-corrected chi connectivity index (χ4v) is 6.45. The van der Waals surface area contributed by atoms with Gasteiger partial charge in [0.25, 0.3) is 0 Å². The number of aromatic amines is 1. The van der Waals surface area contributed by atoms with Gasteiger partial charge in [-0.2, -0.15) is 0 Å². The second-order valence-electron chi connectivity index (χ2n) is 14.9. The maximum Gasteiger partial charge on any atom is 0.411 e. The number of nitrogens with one attached hydrogen (secondary N) is 1. The molecule has 0 unspecified atom stereocenters. The molecule has 6 rings (SSSR count). The number of aromatic nitrogens is 2. The minimum Gasteiger partial charge on any atom is -0.444 e. The lowest BCUT2D eigenvalue weighted by Gasteiger charge is -2.28.